The van der Waals surface area contributed by atoms with Gasteiger partial charge >= 0.3 is 0 Å². The Morgan fingerprint density at radius 2 is 1.88 bits per heavy atom. The largest absolute Gasteiger partial charge is 0.497 e. The molecule has 3 heterocycles. The first-order chi connectivity index (χ1) is 20.2. The monoisotopic (exact) mass is 599 g/mol. The number of imidazole rings is 1. The van der Waals surface area contributed by atoms with Crippen LogP contribution >= 0.6 is 11.6 Å². The predicted molar refractivity (Wildman–Crippen MR) is 160 cm³/mol. The lowest BCUT2D eigenvalue weighted by molar-refractivity contribution is -0.130. The third-order valence-corrected chi connectivity index (χ3v) is 9.36. The second-order valence-electron chi connectivity index (χ2n) is 11.5. The first kappa shape index (κ1) is 30.3. The number of carbonyl (C=O) groups is 2. The first-order valence-electron chi connectivity index (χ1n) is 14.6. The smallest absolute Gasteiger partial charge is 0.270 e. The molecule has 42 heavy (non-hydrogen) atoms. The summed E-state index contributed by atoms with van der Waals surface area (Å²) in [6, 6.07) is 5.88. The second-order valence-corrected chi connectivity index (χ2v) is 12.0. The van der Waals surface area contributed by atoms with Crippen molar-refractivity contribution in [2.45, 2.75) is 69.8 Å². The van der Waals surface area contributed by atoms with E-state index in [2.05, 4.69) is 35.0 Å². The highest BCUT2D eigenvalue weighted by molar-refractivity contribution is 6.20. The molecule has 3 aliphatic rings. The molecule has 2 saturated heterocycles. The molecule has 4 N–H and O–H groups in total. The molecule has 5 atom stereocenters. The number of hydrogen-bond donors (Lipinski definition) is 4. The Balaban J connectivity index is 1.37. The Kier molecular flexibility index (Phi) is 9.41. The van der Waals surface area contributed by atoms with Crippen LogP contribution in [0.15, 0.2) is 30.9 Å². The van der Waals surface area contributed by atoms with E-state index in [9.17, 15) is 9.59 Å². The van der Waals surface area contributed by atoms with Crippen molar-refractivity contribution in [2.24, 2.45) is 11.8 Å². The van der Waals surface area contributed by atoms with Crippen molar-refractivity contribution in [3.63, 3.8) is 0 Å². The summed E-state index contributed by atoms with van der Waals surface area (Å²) in [5, 5.41) is 6.93. The maximum absolute atomic E-state index is 13.6. The van der Waals surface area contributed by atoms with Crippen LogP contribution in [0.5, 0.6) is 11.5 Å². The van der Waals surface area contributed by atoms with Gasteiger partial charge in [-0.05, 0) is 49.5 Å². The van der Waals surface area contributed by atoms with E-state index in [0.717, 1.165) is 30.7 Å². The summed E-state index contributed by atoms with van der Waals surface area (Å²) in [4.78, 5) is 32.0. The van der Waals surface area contributed by atoms with Crippen molar-refractivity contribution < 1.29 is 19.1 Å². The van der Waals surface area contributed by atoms with Gasteiger partial charge in [0, 0.05) is 43.0 Å². The highest BCUT2D eigenvalue weighted by Crippen LogP contribution is 2.38. The standard InChI is InChI=1S/C30H42ClN7O4/c1-6-19-10-23-25(12-24(19)31)35-36-29(23)32-13-26-33-17(3)28(30(40)34-20-15-37(16-20)27(39)7-2)38(26)14-18-8-21(41-4)11-22(9-18)42-5/h7-9,11,19-20,23-25,29,32,35-36H,2,6,10,12-16H2,1,3-5H3,(H,34,40). The third-order valence-electron chi connectivity index (χ3n) is 8.83. The number of hydrogen-bond acceptors (Lipinski definition) is 8. The minimum Gasteiger partial charge on any atom is -0.497 e. The van der Waals surface area contributed by atoms with Crippen LogP contribution in [0.3, 0.4) is 0 Å². The Morgan fingerprint density at radius 3 is 2.52 bits per heavy atom. The van der Waals surface area contributed by atoms with Gasteiger partial charge in [-0.1, -0.05) is 19.9 Å². The molecule has 12 heteroatoms. The zero-order chi connectivity index (χ0) is 30.0. The molecule has 5 unspecified atom stereocenters. The summed E-state index contributed by atoms with van der Waals surface area (Å²) < 4.78 is 12.9. The lowest BCUT2D eigenvalue weighted by Crippen LogP contribution is -2.60. The van der Waals surface area contributed by atoms with Crippen LogP contribution in [0, 0.1) is 18.8 Å². The van der Waals surface area contributed by atoms with E-state index < -0.39 is 0 Å². The molecule has 1 aromatic heterocycles. The van der Waals surface area contributed by atoms with Gasteiger partial charge in [0.15, 0.2) is 0 Å². The number of aryl methyl sites for hydroxylation is 1. The van der Waals surface area contributed by atoms with Gasteiger partial charge in [-0.3, -0.25) is 20.3 Å². The van der Waals surface area contributed by atoms with E-state index >= 15 is 0 Å². The number of carbonyl (C=O) groups excluding carboxylic acids is 2. The summed E-state index contributed by atoms with van der Waals surface area (Å²) in [7, 11) is 3.23. The van der Waals surface area contributed by atoms with Crippen LogP contribution in [0.2, 0.25) is 0 Å². The zero-order valence-corrected chi connectivity index (χ0v) is 25.5. The highest BCUT2D eigenvalue weighted by atomic mass is 35.5. The lowest BCUT2D eigenvalue weighted by atomic mass is 9.76. The van der Waals surface area contributed by atoms with E-state index in [1.54, 1.807) is 19.1 Å². The second kappa shape index (κ2) is 13.0. The number of likely N-dealkylation sites (tertiary alicyclic amines) is 1. The number of fused-ring (bicyclic) bond motifs is 1. The van der Waals surface area contributed by atoms with E-state index in [-0.39, 0.29) is 29.4 Å². The van der Waals surface area contributed by atoms with Crippen molar-refractivity contribution in [3.05, 3.63) is 53.6 Å². The molecule has 228 valence electrons. The van der Waals surface area contributed by atoms with Crippen LogP contribution in [-0.4, -0.2) is 77.2 Å². The minimum absolute atomic E-state index is 0.0521. The number of methoxy groups -OCH3 is 2. The van der Waals surface area contributed by atoms with Crippen LogP contribution in [-0.2, 0) is 17.9 Å². The van der Waals surface area contributed by atoms with Gasteiger partial charge in [0.2, 0.25) is 5.91 Å². The number of nitrogens with zero attached hydrogens (tertiary/aromatic N) is 3. The Morgan fingerprint density at radius 1 is 1.17 bits per heavy atom. The maximum atomic E-state index is 13.6. The molecule has 11 nitrogen and oxygen atoms in total. The summed E-state index contributed by atoms with van der Waals surface area (Å²) in [6.45, 7) is 9.37. The number of aromatic nitrogens is 2. The molecule has 0 spiro atoms. The zero-order valence-electron chi connectivity index (χ0n) is 24.8. The Bertz CT molecular complexity index is 1290. The highest BCUT2D eigenvalue weighted by Gasteiger charge is 2.43. The predicted octanol–water partition coefficient (Wildman–Crippen LogP) is 2.32. The normalized spacial score (nSPS) is 25.5. The quantitative estimate of drug-likeness (QED) is 0.229. The van der Waals surface area contributed by atoms with Crippen LogP contribution < -0.4 is 31.0 Å². The average Bonchev–Trinajstić information content (AvgIpc) is 3.50. The number of nitrogens with one attached hydrogen (secondary N) is 4. The summed E-state index contributed by atoms with van der Waals surface area (Å²) >= 11 is 6.66. The Labute approximate surface area is 252 Å². The summed E-state index contributed by atoms with van der Waals surface area (Å²) in [5.74, 6) is 2.62. The molecule has 0 bridgehead atoms. The maximum Gasteiger partial charge on any atom is 0.270 e. The fourth-order valence-electron chi connectivity index (χ4n) is 6.43. The molecule has 5 rings (SSSR count). The third kappa shape index (κ3) is 6.29. The van der Waals surface area contributed by atoms with E-state index in [0.29, 0.717) is 66.9 Å². The number of benzene rings is 1. The van der Waals surface area contributed by atoms with Crippen LogP contribution in [0.4, 0.5) is 0 Å². The van der Waals surface area contributed by atoms with Gasteiger partial charge in [0.1, 0.15) is 23.0 Å². The Hall–Kier alpha value is -3.12. The molecule has 1 aliphatic carbocycles. The molecule has 2 aliphatic heterocycles. The SMILES string of the molecule is C=CC(=O)N1CC(NC(=O)c2c(C)nc(CNC3NNC4CC(Cl)C(CC)CC43)n2Cc2cc(OC)cc(OC)c2)C1. The number of halogens is 1. The summed E-state index contributed by atoms with van der Waals surface area (Å²) in [5.41, 5.74) is 8.91. The van der Waals surface area contributed by atoms with Crippen molar-refractivity contribution >= 4 is 23.4 Å². The van der Waals surface area contributed by atoms with Gasteiger partial charge in [0.25, 0.3) is 5.91 Å². The van der Waals surface area contributed by atoms with Gasteiger partial charge in [-0.25, -0.2) is 10.4 Å². The van der Waals surface area contributed by atoms with Crippen molar-refractivity contribution in [2.75, 3.05) is 27.3 Å². The molecule has 2 aromatic rings. The molecule has 2 amide bonds. The number of alkyl halides is 1. The van der Waals surface area contributed by atoms with Crippen molar-refractivity contribution in [1.29, 1.82) is 0 Å². The molecule has 1 saturated carbocycles. The fraction of sp³-hybridized carbons (Fsp3) is 0.567. The van der Waals surface area contributed by atoms with Crippen LogP contribution in [0.1, 0.15) is 53.8 Å². The number of hydrazine groups is 1. The lowest BCUT2D eigenvalue weighted by Gasteiger charge is -2.38. The number of amides is 2. The summed E-state index contributed by atoms with van der Waals surface area (Å²) in [6.07, 6.45) is 4.39. The molecular weight excluding hydrogens is 558 g/mol. The molecule has 3 fully saturated rings. The molecular formula is C30H42ClN7O4. The van der Waals surface area contributed by atoms with Gasteiger partial charge < -0.3 is 24.3 Å². The van der Waals surface area contributed by atoms with Gasteiger partial charge in [-0.15, -0.1) is 11.6 Å². The molecule has 1 aromatic carbocycles. The molecule has 0 radical (unpaired) electrons. The van der Waals surface area contributed by atoms with Crippen LogP contribution in [0.25, 0.3) is 0 Å². The van der Waals surface area contributed by atoms with Crippen molar-refractivity contribution in [3.8, 4) is 11.5 Å². The topological polar surface area (TPSA) is 122 Å². The van der Waals surface area contributed by atoms with E-state index in [4.69, 9.17) is 26.1 Å². The number of ether oxygens (including phenoxy) is 2. The first-order valence-corrected chi connectivity index (χ1v) is 15.1. The average molecular weight is 600 g/mol. The van der Waals surface area contributed by atoms with Gasteiger partial charge in [0.05, 0.1) is 38.7 Å². The van der Waals surface area contributed by atoms with Gasteiger partial charge in [-0.2, -0.15) is 0 Å². The van der Waals surface area contributed by atoms with E-state index in [1.165, 1.54) is 6.08 Å². The number of rotatable bonds is 11. The van der Waals surface area contributed by atoms with Crippen molar-refractivity contribution in [1.82, 2.24) is 35.9 Å². The fourth-order valence-corrected chi connectivity index (χ4v) is 6.90. The van der Waals surface area contributed by atoms with E-state index in [1.807, 2.05) is 29.7 Å². The minimum atomic E-state index is -0.219.